The SMILES string of the molecule is CC[C@H](CC(=O)[C@@H]1C[C@@H](S(=O)(=O)c2ccccc2C(F)(F)F)CN1c1ccccc1[N+](=O)[O-])C(=O)C(=O)CC1CC1. The summed E-state index contributed by atoms with van der Waals surface area (Å²) in [5, 5.41) is 10.3. The first-order valence-corrected chi connectivity index (χ1v) is 14.8. The van der Waals surface area contributed by atoms with Crippen molar-refractivity contribution >= 4 is 38.6 Å². The summed E-state index contributed by atoms with van der Waals surface area (Å²) in [6.45, 7) is 1.15. The minimum absolute atomic E-state index is 0.0677. The number of benzene rings is 2. The Morgan fingerprint density at radius 3 is 2.32 bits per heavy atom. The van der Waals surface area contributed by atoms with Crippen LogP contribution in [0.2, 0.25) is 0 Å². The van der Waals surface area contributed by atoms with E-state index in [4.69, 9.17) is 0 Å². The van der Waals surface area contributed by atoms with Gasteiger partial charge in [0.15, 0.2) is 21.4 Å². The van der Waals surface area contributed by atoms with E-state index >= 15 is 0 Å². The first-order chi connectivity index (χ1) is 19.3. The van der Waals surface area contributed by atoms with E-state index in [1.54, 1.807) is 6.92 Å². The van der Waals surface area contributed by atoms with Crippen LogP contribution >= 0.6 is 0 Å². The van der Waals surface area contributed by atoms with Crippen LogP contribution in [0.1, 0.15) is 51.0 Å². The molecule has 0 radical (unpaired) electrons. The number of hydrogen-bond donors (Lipinski definition) is 0. The van der Waals surface area contributed by atoms with E-state index in [9.17, 15) is 46.1 Å². The van der Waals surface area contributed by atoms with Crippen LogP contribution in [0.25, 0.3) is 0 Å². The van der Waals surface area contributed by atoms with Crippen molar-refractivity contribution in [2.45, 2.75) is 67.8 Å². The summed E-state index contributed by atoms with van der Waals surface area (Å²) in [6.07, 6.45) is -3.82. The van der Waals surface area contributed by atoms with Gasteiger partial charge in [-0.3, -0.25) is 24.5 Å². The number of nitrogens with zero attached hydrogens (tertiary/aromatic N) is 2. The maximum atomic E-state index is 13.7. The van der Waals surface area contributed by atoms with Gasteiger partial charge in [0, 0.05) is 31.4 Å². The molecule has 220 valence electrons. The van der Waals surface area contributed by atoms with Gasteiger partial charge in [-0.2, -0.15) is 13.2 Å². The molecule has 1 saturated heterocycles. The Morgan fingerprint density at radius 1 is 1.07 bits per heavy atom. The second-order valence-corrected chi connectivity index (χ2v) is 12.7. The van der Waals surface area contributed by atoms with Gasteiger partial charge in [0.25, 0.3) is 5.69 Å². The lowest BCUT2D eigenvalue weighted by atomic mass is 9.88. The molecule has 0 N–H and O–H groups in total. The molecule has 2 fully saturated rings. The average molecular weight is 595 g/mol. The summed E-state index contributed by atoms with van der Waals surface area (Å²) in [6, 6.07) is 7.80. The zero-order valence-electron chi connectivity index (χ0n) is 22.2. The van der Waals surface area contributed by atoms with Crippen LogP contribution in [0.3, 0.4) is 0 Å². The lowest BCUT2D eigenvalue weighted by Crippen LogP contribution is -2.38. The number of carbonyl (C=O) groups excluding carboxylic acids is 3. The molecule has 1 aliphatic carbocycles. The fraction of sp³-hybridized carbons (Fsp3) is 0.464. The van der Waals surface area contributed by atoms with E-state index in [1.165, 1.54) is 29.2 Å². The van der Waals surface area contributed by atoms with Gasteiger partial charge < -0.3 is 4.90 Å². The van der Waals surface area contributed by atoms with Gasteiger partial charge in [-0.25, -0.2) is 8.42 Å². The molecule has 41 heavy (non-hydrogen) atoms. The minimum atomic E-state index is -4.96. The maximum Gasteiger partial charge on any atom is 0.417 e. The van der Waals surface area contributed by atoms with Crippen LogP contribution < -0.4 is 4.90 Å². The number of halogens is 3. The van der Waals surface area contributed by atoms with Gasteiger partial charge in [0.1, 0.15) is 5.69 Å². The van der Waals surface area contributed by atoms with Gasteiger partial charge in [0.05, 0.1) is 26.7 Å². The lowest BCUT2D eigenvalue weighted by molar-refractivity contribution is -0.384. The molecular formula is C28H29F3N2O7S. The Morgan fingerprint density at radius 2 is 1.71 bits per heavy atom. The second-order valence-electron chi connectivity index (χ2n) is 10.5. The summed E-state index contributed by atoms with van der Waals surface area (Å²) < 4.78 is 68.2. The normalized spacial score (nSPS) is 20.0. The fourth-order valence-electron chi connectivity index (χ4n) is 5.30. The molecule has 2 aliphatic rings. The third kappa shape index (κ3) is 6.50. The summed E-state index contributed by atoms with van der Waals surface area (Å²) in [5.74, 6) is -2.67. The van der Waals surface area contributed by atoms with Gasteiger partial charge >= 0.3 is 6.18 Å². The number of rotatable bonds is 12. The highest BCUT2D eigenvalue weighted by molar-refractivity contribution is 7.92. The molecule has 1 saturated carbocycles. The van der Waals surface area contributed by atoms with Crippen LogP contribution in [0.5, 0.6) is 0 Å². The number of alkyl halides is 3. The molecule has 13 heteroatoms. The topological polar surface area (TPSA) is 132 Å². The smallest absolute Gasteiger partial charge is 0.355 e. The summed E-state index contributed by atoms with van der Waals surface area (Å²) >= 11 is 0. The largest absolute Gasteiger partial charge is 0.417 e. The molecule has 0 amide bonds. The number of carbonyl (C=O) groups is 3. The van der Waals surface area contributed by atoms with Crippen LogP contribution in [-0.4, -0.2) is 48.5 Å². The van der Waals surface area contributed by atoms with Gasteiger partial charge in [-0.05, 0) is 49.8 Å². The first-order valence-electron chi connectivity index (χ1n) is 13.3. The van der Waals surface area contributed by atoms with Crippen molar-refractivity contribution < 1.29 is 40.9 Å². The van der Waals surface area contributed by atoms with Crippen LogP contribution in [0.15, 0.2) is 53.4 Å². The number of nitro groups is 1. The number of Topliss-reactive ketones (excluding diaryl/α,β-unsaturated/α-hetero) is 3. The van der Waals surface area contributed by atoms with E-state index in [1.807, 2.05) is 0 Å². The Bertz CT molecular complexity index is 1470. The number of ketones is 3. The molecule has 2 aromatic carbocycles. The second kappa shape index (κ2) is 11.7. The Labute approximate surface area is 234 Å². The van der Waals surface area contributed by atoms with Crippen molar-refractivity contribution in [3.63, 3.8) is 0 Å². The third-order valence-electron chi connectivity index (χ3n) is 7.72. The third-order valence-corrected chi connectivity index (χ3v) is 9.91. The molecular weight excluding hydrogens is 565 g/mol. The first kappa shape index (κ1) is 30.4. The van der Waals surface area contributed by atoms with E-state index in [0.717, 1.165) is 31.0 Å². The molecule has 3 atom stereocenters. The Hall–Kier alpha value is -3.61. The zero-order chi connectivity index (χ0) is 30.1. The highest BCUT2D eigenvalue weighted by atomic mass is 32.2. The molecule has 9 nitrogen and oxygen atoms in total. The standard InChI is InChI=1S/C28H29F3N2O7S/c1-2-18(27(36)25(35)13-17-11-12-17)14-24(34)23-15-19(16-32(23)21-8-4-5-9-22(21)33(37)38)41(39,40)26-10-6-3-7-20(26)28(29,30)31/h3-10,17-19,23H,2,11-16H2,1H3/t18-,19-,23+/m1/s1. The van der Waals surface area contributed by atoms with Gasteiger partial charge in [-0.1, -0.05) is 31.2 Å². The number of hydrogen-bond acceptors (Lipinski definition) is 8. The molecule has 0 aromatic heterocycles. The van der Waals surface area contributed by atoms with E-state index < -0.39 is 91.0 Å². The molecule has 1 aliphatic heterocycles. The van der Waals surface area contributed by atoms with Crippen molar-refractivity contribution in [2.24, 2.45) is 11.8 Å². The van der Waals surface area contributed by atoms with Crippen LogP contribution in [-0.2, 0) is 30.4 Å². The predicted octanol–water partition coefficient (Wildman–Crippen LogP) is 4.96. The lowest BCUT2D eigenvalue weighted by Gasteiger charge is -2.26. The fourth-order valence-corrected chi connectivity index (χ4v) is 7.21. The van der Waals surface area contributed by atoms with E-state index in [-0.39, 0.29) is 24.4 Å². The van der Waals surface area contributed by atoms with Crippen LogP contribution in [0.4, 0.5) is 24.5 Å². The molecule has 0 unspecified atom stereocenters. The van der Waals surface area contributed by atoms with E-state index in [0.29, 0.717) is 6.07 Å². The molecule has 0 bridgehead atoms. The van der Waals surface area contributed by atoms with Gasteiger partial charge in [-0.15, -0.1) is 0 Å². The van der Waals surface area contributed by atoms with Crippen molar-refractivity contribution in [1.29, 1.82) is 0 Å². The molecule has 0 spiro atoms. The zero-order valence-corrected chi connectivity index (χ0v) is 23.0. The number of nitro benzene ring substituents is 1. The van der Waals surface area contributed by atoms with Crippen molar-refractivity contribution in [2.75, 3.05) is 11.4 Å². The number of para-hydroxylation sites is 2. The highest BCUT2D eigenvalue weighted by Crippen LogP contribution is 2.41. The molecule has 1 heterocycles. The maximum absolute atomic E-state index is 13.7. The number of sulfone groups is 1. The summed E-state index contributed by atoms with van der Waals surface area (Å²) in [5.41, 5.74) is -1.83. The van der Waals surface area contributed by atoms with Crippen molar-refractivity contribution in [3.8, 4) is 0 Å². The average Bonchev–Trinajstić information content (AvgIpc) is 3.63. The van der Waals surface area contributed by atoms with Crippen molar-refractivity contribution in [3.05, 3.63) is 64.2 Å². The highest BCUT2D eigenvalue weighted by Gasteiger charge is 2.47. The molecule has 2 aromatic rings. The summed E-state index contributed by atoms with van der Waals surface area (Å²) in [7, 11) is -4.67. The van der Waals surface area contributed by atoms with Crippen LogP contribution in [0, 0.1) is 22.0 Å². The predicted molar refractivity (Wildman–Crippen MR) is 142 cm³/mol. The van der Waals surface area contributed by atoms with Gasteiger partial charge in [0.2, 0.25) is 5.78 Å². The Kier molecular flexibility index (Phi) is 8.67. The Balaban J connectivity index is 1.69. The minimum Gasteiger partial charge on any atom is -0.355 e. The quantitative estimate of drug-likeness (QED) is 0.191. The molecule has 4 rings (SSSR count). The monoisotopic (exact) mass is 594 g/mol. The van der Waals surface area contributed by atoms with E-state index in [2.05, 4.69) is 0 Å². The number of anilines is 1. The summed E-state index contributed by atoms with van der Waals surface area (Å²) in [4.78, 5) is 50.2. The van der Waals surface area contributed by atoms with Crippen molar-refractivity contribution in [1.82, 2.24) is 0 Å².